The van der Waals surface area contributed by atoms with Crippen molar-refractivity contribution in [2.45, 2.75) is 44.2 Å². The lowest BCUT2D eigenvalue weighted by Crippen LogP contribution is -2.45. The van der Waals surface area contributed by atoms with Gasteiger partial charge in [-0.15, -0.1) is 0 Å². The minimum absolute atomic E-state index is 0.0361. The van der Waals surface area contributed by atoms with Gasteiger partial charge in [0.15, 0.2) is 0 Å². The number of hydrogen-bond donors (Lipinski definition) is 3. The molecule has 2 heterocycles. The normalized spacial score (nSPS) is 25.8. The smallest absolute Gasteiger partial charge is 0.349 e. The van der Waals surface area contributed by atoms with Crippen molar-refractivity contribution in [3.05, 3.63) is 22.7 Å². The zero-order chi connectivity index (χ0) is 16.3. The van der Waals surface area contributed by atoms with Crippen molar-refractivity contribution in [1.82, 2.24) is 9.55 Å². The molecular weight excluding hydrogens is 293 g/mol. The molecule has 4 N–H and O–H groups in total. The first-order valence-corrected chi connectivity index (χ1v) is 7.35. The van der Waals surface area contributed by atoms with E-state index < -0.39 is 30.1 Å². The first-order valence-electron chi connectivity index (χ1n) is 7.35. The van der Waals surface area contributed by atoms with Crippen molar-refractivity contribution in [1.29, 1.82) is 0 Å². The maximum atomic E-state index is 14.8. The summed E-state index contributed by atoms with van der Waals surface area (Å²) in [6, 6.07) is 0.388. The van der Waals surface area contributed by atoms with Crippen molar-refractivity contribution in [3.63, 3.8) is 0 Å². The molecule has 0 saturated carbocycles. The second-order valence-electron chi connectivity index (χ2n) is 5.66. The monoisotopic (exact) mass is 315 g/mol. The van der Waals surface area contributed by atoms with E-state index >= 15 is 0 Å². The quantitative estimate of drug-likeness (QED) is 0.674. The first-order chi connectivity index (χ1) is 10.5. The molecule has 1 saturated heterocycles. The molecule has 1 fully saturated rings. The second-order valence-corrected chi connectivity index (χ2v) is 5.66. The number of hydrogen-bond acceptors (Lipinski definition) is 6. The minimum Gasteiger partial charge on any atom is -0.396 e. The summed E-state index contributed by atoms with van der Waals surface area (Å²) < 4.78 is 21.5. The first kappa shape index (κ1) is 16.9. The number of aliphatic hydroxyl groups excluding tert-OH is 2. The van der Waals surface area contributed by atoms with Crippen LogP contribution in [0.15, 0.2) is 17.1 Å². The molecule has 22 heavy (non-hydrogen) atoms. The van der Waals surface area contributed by atoms with Gasteiger partial charge in [0.25, 0.3) is 0 Å². The zero-order valence-electron chi connectivity index (χ0n) is 12.4. The van der Waals surface area contributed by atoms with Crippen LogP contribution in [0.1, 0.15) is 25.8 Å². The molecule has 5 unspecified atom stereocenters. The lowest BCUT2D eigenvalue weighted by molar-refractivity contribution is -0.0353. The van der Waals surface area contributed by atoms with E-state index in [0.29, 0.717) is 6.61 Å². The van der Waals surface area contributed by atoms with E-state index in [1.807, 2.05) is 6.92 Å². The average molecular weight is 315 g/mol. The number of aromatic nitrogens is 2. The number of nitrogens with zero attached hydrogens (tertiary/aromatic N) is 2. The van der Waals surface area contributed by atoms with Crippen molar-refractivity contribution in [2.75, 3.05) is 18.9 Å². The predicted molar refractivity (Wildman–Crippen MR) is 78.1 cm³/mol. The van der Waals surface area contributed by atoms with Crippen LogP contribution >= 0.6 is 0 Å². The van der Waals surface area contributed by atoms with Gasteiger partial charge in [-0.05, 0) is 24.8 Å². The van der Waals surface area contributed by atoms with E-state index in [0.717, 1.165) is 11.0 Å². The molecular formula is C14H22FN3O4. The highest BCUT2D eigenvalue weighted by Crippen LogP contribution is 2.33. The molecule has 0 spiro atoms. The summed E-state index contributed by atoms with van der Waals surface area (Å²) in [7, 11) is 0. The molecule has 1 aliphatic rings. The van der Waals surface area contributed by atoms with Crippen LogP contribution < -0.4 is 11.4 Å². The Labute approximate surface area is 127 Å². The Morgan fingerprint density at radius 1 is 1.64 bits per heavy atom. The van der Waals surface area contributed by atoms with E-state index in [2.05, 4.69) is 4.98 Å². The lowest BCUT2D eigenvalue weighted by Gasteiger charge is -2.32. The highest BCUT2D eigenvalue weighted by atomic mass is 19.1. The van der Waals surface area contributed by atoms with Crippen LogP contribution in [0, 0.1) is 5.92 Å². The zero-order valence-corrected chi connectivity index (χ0v) is 12.4. The van der Waals surface area contributed by atoms with Crippen molar-refractivity contribution < 1.29 is 19.3 Å². The Morgan fingerprint density at radius 2 is 2.36 bits per heavy atom. The number of nitrogens with two attached hydrogens (primary N) is 1. The molecule has 2 rings (SSSR count). The van der Waals surface area contributed by atoms with Crippen molar-refractivity contribution in [3.8, 4) is 0 Å². The number of nitrogen functional groups attached to an aromatic ring is 1. The lowest BCUT2D eigenvalue weighted by atomic mass is 9.91. The molecule has 5 atom stereocenters. The van der Waals surface area contributed by atoms with Gasteiger partial charge in [0.2, 0.25) is 0 Å². The standard InChI is InChI=1S/C14H22FN3O4/c1-8-4-7-22-13(8)12(11(15)9(20)3-6-19)18-5-2-10(16)17-14(18)21/h2,5,8-9,11-13,19-20H,3-4,6-7H2,1H3,(H2,16,17,21). The predicted octanol–water partition coefficient (Wildman–Crippen LogP) is -0.127. The van der Waals surface area contributed by atoms with Crippen LogP contribution in [0.2, 0.25) is 0 Å². The number of halogens is 1. The molecule has 0 bridgehead atoms. The van der Waals surface area contributed by atoms with Gasteiger partial charge in [0, 0.05) is 19.4 Å². The van der Waals surface area contributed by atoms with Crippen molar-refractivity contribution >= 4 is 5.82 Å². The van der Waals surface area contributed by atoms with Crippen LogP contribution in [0.5, 0.6) is 0 Å². The van der Waals surface area contributed by atoms with E-state index in [-0.39, 0.29) is 24.8 Å². The van der Waals surface area contributed by atoms with Crippen LogP contribution in [-0.2, 0) is 4.74 Å². The van der Waals surface area contributed by atoms with Gasteiger partial charge in [0.1, 0.15) is 12.0 Å². The van der Waals surface area contributed by atoms with E-state index in [1.165, 1.54) is 12.3 Å². The molecule has 0 aliphatic carbocycles. The van der Waals surface area contributed by atoms with Gasteiger partial charge in [-0.25, -0.2) is 9.18 Å². The SMILES string of the molecule is CC1CCOC1C(C(F)C(O)CCO)n1ccc(N)nc1=O. The van der Waals surface area contributed by atoms with Crippen LogP contribution in [0.4, 0.5) is 10.2 Å². The van der Waals surface area contributed by atoms with E-state index in [1.54, 1.807) is 0 Å². The molecule has 7 nitrogen and oxygen atoms in total. The van der Waals surface area contributed by atoms with Gasteiger partial charge in [-0.2, -0.15) is 4.98 Å². The highest BCUT2D eigenvalue weighted by Gasteiger charge is 2.41. The van der Waals surface area contributed by atoms with Crippen LogP contribution in [0.3, 0.4) is 0 Å². The highest BCUT2D eigenvalue weighted by molar-refractivity contribution is 5.23. The molecule has 124 valence electrons. The molecule has 0 amide bonds. The largest absolute Gasteiger partial charge is 0.396 e. The van der Waals surface area contributed by atoms with Crippen LogP contribution in [-0.4, -0.2) is 51.4 Å². The summed E-state index contributed by atoms with van der Waals surface area (Å²) in [6.07, 6.45) is -1.71. The van der Waals surface area contributed by atoms with Crippen LogP contribution in [0.25, 0.3) is 0 Å². The molecule has 1 aromatic rings. The number of rotatable bonds is 6. The third-order valence-electron chi connectivity index (χ3n) is 4.07. The van der Waals surface area contributed by atoms with Gasteiger partial charge in [0.05, 0.1) is 18.2 Å². The Bertz CT molecular complexity index is 553. The van der Waals surface area contributed by atoms with Gasteiger partial charge < -0.3 is 20.7 Å². The topological polar surface area (TPSA) is 111 Å². The molecule has 1 aliphatic heterocycles. The van der Waals surface area contributed by atoms with Gasteiger partial charge >= 0.3 is 5.69 Å². The fourth-order valence-corrected chi connectivity index (χ4v) is 2.82. The Balaban J connectivity index is 2.38. The maximum absolute atomic E-state index is 14.8. The van der Waals surface area contributed by atoms with E-state index in [9.17, 15) is 14.3 Å². The molecule has 0 radical (unpaired) electrons. The summed E-state index contributed by atoms with van der Waals surface area (Å²) in [5.74, 6) is 0.0840. The summed E-state index contributed by atoms with van der Waals surface area (Å²) in [6.45, 7) is 2.04. The second kappa shape index (κ2) is 7.17. The van der Waals surface area contributed by atoms with E-state index in [4.69, 9.17) is 15.6 Å². The van der Waals surface area contributed by atoms with Crippen molar-refractivity contribution in [2.24, 2.45) is 5.92 Å². The summed E-state index contributed by atoms with van der Waals surface area (Å²) in [4.78, 5) is 15.7. The Kier molecular flexibility index (Phi) is 5.49. The summed E-state index contributed by atoms with van der Waals surface area (Å²) in [5, 5.41) is 18.8. The molecule has 1 aromatic heterocycles. The fourth-order valence-electron chi connectivity index (χ4n) is 2.82. The summed E-state index contributed by atoms with van der Waals surface area (Å²) >= 11 is 0. The number of alkyl halides is 1. The number of aliphatic hydroxyl groups is 2. The van der Waals surface area contributed by atoms with Gasteiger partial charge in [-0.3, -0.25) is 4.57 Å². The third-order valence-corrected chi connectivity index (χ3v) is 4.07. The summed E-state index contributed by atoms with van der Waals surface area (Å²) in [5.41, 5.74) is 4.77. The average Bonchev–Trinajstić information content (AvgIpc) is 2.88. The number of ether oxygens (including phenoxy) is 1. The molecule has 8 heteroatoms. The minimum atomic E-state index is -1.76. The fraction of sp³-hybridized carbons (Fsp3) is 0.714. The van der Waals surface area contributed by atoms with Gasteiger partial charge in [-0.1, -0.05) is 6.92 Å². The number of anilines is 1. The third kappa shape index (κ3) is 3.45. The Hall–Kier alpha value is -1.51. The molecule has 0 aromatic carbocycles. The maximum Gasteiger partial charge on any atom is 0.349 e. The Morgan fingerprint density at radius 3 is 2.91 bits per heavy atom.